The summed E-state index contributed by atoms with van der Waals surface area (Å²) >= 11 is 0. The quantitative estimate of drug-likeness (QED) is 0.0617. The summed E-state index contributed by atoms with van der Waals surface area (Å²) in [5.74, 6) is -7.05. The van der Waals surface area contributed by atoms with Crippen LogP contribution in [0.2, 0.25) is 0 Å². The maximum Gasteiger partial charge on any atom is 0.336 e. The summed E-state index contributed by atoms with van der Waals surface area (Å²) in [6.45, 7) is 1.77. The molecule has 0 unspecified atom stereocenters. The third kappa shape index (κ3) is 7.32. The van der Waals surface area contributed by atoms with Gasteiger partial charge in [-0.05, 0) is 78.6 Å². The summed E-state index contributed by atoms with van der Waals surface area (Å²) in [7, 11) is 1.38. The lowest BCUT2D eigenvalue weighted by Crippen LogP contribution is -2.83. The van der Waals surface area contributed by atoms with Crippen LogP contribution in [0.25, 0.3) is 12.2 Å². The fourth-order valence-corrected chi connectivity index (χ4v) is 6.98. The van der Waals surface area contributed by atoms with E-state index in [9.17, 15) is 50.1 Å². The van der Waals surface area contributed by atoms with Gasteiger partial charge in [0.1, 0.15) is 6.10 Å². The van der Waals surface area contributed by atoms with Gasteiger partial charge in [0, 0.05) is 30.9 Å². The van der Waals surface area contributed by atoms with Gasteiger partial charge in [0.15, 0.2) is 40.4 Å². The van der Waals surface area contributed by atoms with E-state index in [-0.39, 0.29) is 42.1 Å². The Hall–Kier alpha value is -5.41. The van der Waals surface area contributed by atoms with Crippen molar-refractivity contribution in [2.45, 2.75) is 61.7 Å². The molecule has 1 aliphatic carbocycles. The Kier molecular flexibility index (Phi) is 11.0. The van der Waals surface area contributed by atoms with Crippen LogP contribution in [0.4, 0.5) is 0 Å². The highest BCUT2D eigenvalue weighted by atomic mass is 16.6. The highest BCUT2D eigenvalue weighted by Gasteiger charge is 2.75. The molecule has 0 amide bonds. The molecule has 6 atom stereocenters. The number of benzene rings is 3. The molecule has 1 saturated carbocycles. The van der Waals surface area contributed by atoms with E-state index in [2.05, 4.69) is 5.32 Å². The number of ether oxygens (including phenoxy) is 3. The lowest BCUT2D eigenvalue weighted by Gasteiger charge is -2.61. The summed E-state index contributed by atoms with van der Waals surface area (Å²) in [5, 5.41) is 76.8. The van der Waals surface area contributed by atoms with Gasteiger partial charge in [-0.15, -0.1) is 0 Å². The minimum Gasteiger partial charge on any atom is -0.504 e. The van der Waals surface area contributed by atoms with Crippen molar-refractivity contribution in [1.82, 2.24) is 5.32 Å². The summed E-state index contributed by atoms with van der Waals surface area (Å²) in [6.07, 6.45) is 0.553. The Balaban J connectivity index is 1.65. The molecule has 1 heterocycles. The van der Waals surface area contributed by atoms with Crippen LogP contribution in [-0.2, 0) is 41.4 Å². The molecule has 5 rings (SSSR count). The molecule has 0 spiro atoms. The van der Waals surface area contributed by atoms with Gasteiger partial charge in [-0.2, -0.15) is 0 Å². The zero-order chi connectivity index (χ0) is 37.8. The molecule has 2 aliphatic rings. The molecule has 1 saturated heterocycles. The SMILES string of the molecule is CCc1cccc(C[C@@H]2[C@@H](OC(=O)/C=C/c3ccc(O)c(O)c3)[C@@]3(OC(=O)/C=C/c4ccc(O)c(O)c4)[C@@H](C[C@]2(O)C(=O)O)OCC[C@@]3(O)NC)c1. The highest BCUT2D eigenvalue weighted by Crippen LogP contribution is 2.53. The molecule has 3 aromatic carbocycles. The van der Waals surface area contributed by atoms with E-state index < -0.39 is 70.9 Å². The second kappa shape index (κ2) is 15.1. The van der Waals surface area contributed by atoms with Gasteiger partial charge in [0.2, 0.25) is 5.60 Å². The van der Waals surface area contributed by atoms with Crippen LogP contribution in [0.1, 0.15) is 42.0 Å². The van der Waals surface area contributed by atoms with Crippen molar-refractivity contribution in [2.24, 2.45) is 5.92 Å². The molecule has 0 radical (unpaired) electrons. The first-order valence-corrected chi connectivity index (χ1v) is 16.6. The fraction of sp³-hybridized carbons (Fsp3) is 0.342. The summed E-state index contributed by atoms with van der Waals surface area (Å²) in [6, 6.07) is 14.7. The summed E-state index contributed by atoms with van der Waals surface area (Å²) in [4.78, 5) is 40.4. The first-order valence-electron chi connectivity index (χ1n) is 16.6. The number of phenols is 4. The van der Waals surface area contributed by atoms with E-state index >= 15 is 0 Å². The molecule has 0 aromatic heterocycles. The zero-order valence-corrected chi connectivity index (χ0v) is 28.4. The first kappa shape index (κ1) is 37.8. The average Bonchev–Trinajstić information content (AvgIpc) is 3.11. The monoisotopic (exact) mass is 719 g/mol. The highest BCUT2D eigenvalue weighted by molar-refractivity contribution is 5.89. The minimum atomic E-state index is -2.63. The Bertz CT molecular complexity index is 1890. The van der Waals surface area contributed by atoms with Crippen molar-refractivity contribution >= 4 is 30.1 Å². The maximum atomic E-state index is 13.7. The Labute approximate surface area is 298 Å². The third-order valence-corrected chi connectivity index (χ3v) is 9.78. The second-order valence-corrected chi connectivity index (χ2v) is 12.9. The van der Waals surface area contributed by atoms with E-state index in [1.807, 2.05) is 13.0 Å². The van der Waals surface area contributed by atoms with Crippen molar-refractivity contribution in [3.8, 4) is 23.0 Å². The Morgan fingerprint density at radius 2 is 1.46 bits per heavy atom. The van der Waals surface area contributed by atoms with Crippen molar-refractivity contribution in [3.63, 3.8) is 0 Å². The van der Waals surface area contributed by atoms with Gasteiger partial charge in [-0.3, -0.25) is 5.32 Å². The number of aliphatic carboxylic acids is 1. The number of aryl methyl sites for hydroxylation is 1. The predicted octanol–water partition coefficient (Wildman–Crippen LogP) is 2.77. The number of hydrogen-bond donors (Lipinski definition) is 8. The molecular weight excluding hydrogens is 678 g/mol. The largest absolute Gasteiger partial charge is 0.504 e. The standard InChI is InChI=1S/C38H41NO13/c1-3-22-5-4-6-25(17-22)18-26-34(51-32(44)13-9-23-7-11-27(40)29(42)19-23)38(52-33(45)14-10-24-8-12-28(41)30(43)20-24)31(21-36(26,48)35(46)47)50-16-15-37(38,49)39-2/h4-14,17,19-20,26,31,34,39-43,48-49H,3,15-16,18,21H2,1-2H3,(H,46,47)/b13-9+,14-10+/t26-,31-,34-,36-,37+,38+/m1/s1. The lowest BCUT2D eigenvalue weighted by molar-refractivity contribution is -0.339. The van der Waals surface area contributed by atoms with E-state index in [1.54, 1.807) is 18.2 Å². The van der Waals surface area contributed by atoms with Crippen molar-refractivity contribution in [3.05, 3.63) is 95.1 Å². The van der Waals surface area contributed by atoms with E-state index in [1.165, 1.54) is 55.6 Å². The number of nitrogens with one attached hydrogen (secondary N) is 1. The molecule has 3 aromatic rings. The molecule has 52 heavy (non-hydrogen) atoms. The third-order valence-electron chi connectivity index (χ3n) is 9.78. The number of fused-ring (bicyclic) bond motifs is 1. The summed E-state index contributed by atoms with van der Waals surface area (Å²) < 4.78 is 18.1. The molecular formula is C38H41NO13. The van der Waals surface area contributed by atoms with E-state index in [0.29, 0.717) is 12.0 Å². The van der Waals surface area contributed by atoms with E-state index in [0.717, 1.165) is 17.7 Å². The Morgan fingerprint density at radius 1 is 0.865 bits per heavy atom. The van der Waals surface area contributed by atoms with Crippen LogP contribution in [0, 0.1) is 5.92 Å². The molecule has 276 valence electrons. The van der Waals surface area contributed by atoms with Gasteiger partial charge in [-0.25, -0.2) is 14.4 Å². The molecule has 8 N–H and O–H groups in total. The maximum absolute atomic E-state index is 13.7. The van der Waals surface area contributed by atoms with Crippen molar-refractivity contribution in [2.75, 3.05) is 13.7 Å². The number of likely N-dealkylation sites (N-methyl/N-ethyl adjacent to an activating group) is 1. The predicted molar refractivity (Wildman–Crippen MR) is 185 cm³/mol. The van der Waals surface area contributed by atoms with Crippen LogP contribution >= 0.6 is 0 Å². The second-order valence-electron chi connectivity index (χ2n) is 12.9. The summed E-state index contributed by atoms with van der Waals surface area (Å²) in [5.41, 5.74) is -5.18. The number of aromatic hydroxyl groups is 4. The van der Waals surface area contributed by atoms with Gasteiger partial charge in [0.05, 0.1) is 6.61 Å². The number of carboxylic acid groups (broad SMARTS) is 1. The van der Waals surface area contributed by atoms with Gasteiger partial charge in [0.25, 0.3) is 0 Å². The zero-order valence-electron chi connectivity index (χ0n) is 28.4. The van der Waals surface area contributed by atoms with Crippen LogP contribution in [0.3, 0.4) is 0 Å². The van der Waals surface area contributed by atoms with E-state index in [4.69, 9.17) is 14.2 Å². The lowest BCUT2D eigenvalue weighted by atomic mass is 9.58. The van der Waals surface area contributed by atoms with Crippen molar-refractivity contribution < 1.29 is 64.3 Å². The van der Waals surface area contributed by atoms with Gasteiger partial charge < -0.3 is 50.0 Å². The van der Waals surface area contributed by atoms with Crippen molar-refractivity contribution in [1.29, 1.82) is 0 Å². The molecule has 14 heteroatoms. The van der Waals surface area contributed by atoms with Crippen LogP contribution in [0.15, 0.2) is 72.8 Å². The minimum absolute atomic E-state index is 0.159. The molecule has 14 nitrogen and oxygen atoms in total. The van der Waals surface area contributed by atoms with Crippen LogP contribution < -0.4 is 5.32 Å². The normalized spacial score (nSPS) is 27.3. The van der Waals surface area contributed by atoms with Gasteiger partial charge in [-0.1, -0.05) is 43.3 Å². The fourth-order valence-electron chi connectivity index (χ4n) is 6.98. The van der Waals surface area contributed by atoms with Crippen LogP contribution in [-0.4, -0.2) is 96.4 Å². The number of carboxylic acids is 1. The molecule has 1 aliphatic heterocycles. The number of carbonyl (C=O) groups is 3. The Morgan fingerprint density at radius 3 is 2.02 bits per heavy atom. The molecule has 2 fully saturated rings. The number of carbonyl (C=O) groups excluding carboxylic acids is 2. The number of aliphatic hydroxyl groups is 2. The number of esters is 2. The van der Waals surface area contributed by atoms with Crippen LogP contribution in [0.5, 0.6) is 23.0 Å². The van der Waals surface area contributed by atoms with Gasteiger partial charge >= 0.3 is 17.9 Å². The number of phenolic OH excluding ortho intramolecular Hbond substituents is 4. The number of rotatable bonds is 11. The topological polar surface area (TPSA) is 233 Å². The smallest absolute Gasteiger partial charge is 0.336 e. The average molecular weight is 720 g/mol. The first-order chi connectivity index (χ1) is 24.6. The molecule has 0 bridgehead atoms. The number of hydrogen-bond acceptors (Lipinski definition) is 13.